The Labute approximate surface area is 287 Å². The first-order chi connectivity index (χ1) is 23.3. The normalized spacial score (nSPS) is 53.0. The predicted octanol–water partition coefficient (Wildman–Crippen LogP) is 1.14. The van der Waals surface area contributed by atoms with Gasteiger partial charge in [0.15, 0.2) is 12.6 Å². The molecule has 276 valence electrons. The van der Waals surface area contributed by atoms with Crippen LogP contribution in [0.15, 0.2) is 11.6 Å². The largest absolute Gasteiger partial charge is 0.458 e. The van der Waals surface area contributed by atoms with Crippen molar-refractivity contribution in [3.8, 4) is 0 Å². The molecule has 0 aromatic heterocycles. The molecule has 0 radical (unpaired) electrons. The first kappa shape index (κ1) is 35.9. The Morgan fingerprint density at radius 3 is 2.29 bits per heavy atom. The molecule has 7 rings (SSSR count). The number of Topliss-reactive ketones (excluding diaryl/α,β-unsaturated/α-hetero) is 1. The zero-order valence-electron chi connectivity index (χ0n) is 28.9. The maximum Gasteiger partial charge on any atom is 0.331 e. The number of cyclic esters (lactones) is 1. The van der Waals surface area contributed by atoms with Gasteiger partial charge in [-0.2, -0.15) is 0 Å². The van der Waals surface area contributed by atoms with E-state index in [1.165, 1.54) is 7.11 Å². The molecule has 0 aromatic carbocycles. The predicted molar refractivity (Wildman–Crippen MR) is 169 cm³/mol. The summed E-state index contributed by atoms with van der Waals surface area (Å²) in [6.45, 7) is 5.95. The number of fused-ring (bicyclic) bond motifs is 3. The number of rotatable bonds is 7. The molecule has 0 aromatic rings. The fourth-order valence-electron chi connectivity index (χ4n) is 11.4. The third kappa shape index (κ3) is 5.66. The van der Waals surface area contributed by atoms with Crippen LogP contribution in [0.1, 0.15) is 78.6 Å². The number of aliphatic hydroxyl groups excluding tert-OH is 5. The summed E-state index contributed by atoms with van der Waals surface area (Å²) >= 11 is 0. The Morgan fingerprint density at radius 1 is 0.857 bits per heavy atom. The van der Waals surface area contributed by atoms with Crippen molar-refractivity contribution in [3.05, 3.63) is 11.6 Å². The lowest BCUT2D eigenvalue weighted by Crippen LogP contribution is -2.65. The number of aliphatic hydroxyl groups is 5. The number of carbonyl (C=O) groups is 2. The summed E-state index contributed by atoms with van der Waals surface area (Å²) in [4.78, 5) is 26.4. The molecule has 2 saturated heterocycles. The van der Waals surface area contributed by atoms with Gasteiger partial charge in [0.25, 0.3) is 0 Å². The summed E-state index contributed by atoms with van der Waals surface area (Å²) < 4.78 is 35.0. The monoisotopic (exact) mass is 694 g/mol. The minimum Gasteiger partial charge on any atom is -0.458 e. The van der Waals surface area contributed by atoms with E-state index in [2.05, 4.69) is 13.8 Å². The van der Waals surface area contributed by atoms with Gasteiger partial charge in [-0.1, -0.05) is 13.8 Å². The molecule has 3 aliphatic heterocycles. The van der Waals surface area contributed by atoms with Crippen molar-refractivity contribution in [2.24, 2.45) is 34.0 Å². The van der Waals surface area contributed by atoms with Crippen molar-refractivity contribution in [1.29, 1.82) is 0 Å². The van der Waals surface area contributed by atoms with Crippen LogP contribution < -0.4 is 0 Å². The SMILES string of the molecule is CO[C@@H]1[C@@H](O)[C@H](O[C@H]2CC[C@@]3(C)[C@H](CC[C@]45CC[C@H](C6=CC(=O)OC6)[C@@](C)(CC[C@@H]43)C5=O)C2)O[C@H](C)[C@@H]1O[C@@H]1O[C@H](CO)[C@@H](O)[C@H](O)[C@H]1O. The van der Waals surface area contributed by atoms with E-state index in [0.29, 0.717) is 24.2 Å². The Kier molecular flexibility index (Phi) is 9.63. The average molecular weight is 695 g/mol. The Bertz CT molecular complexity index is 1310. The second kappa shape index (κ2) is 13.2. The third-order valence-corrected chi connectivity index (χ3v) is 14.1. The smallest absolute Gasteiger partial charge is 0.331 e. The van der Waals surface area contributed by atoms with E-state index in [9.17, 15) is 35.1 Å². The lowest BCUT2D eigenvalue weighted by molar-refractivity contribution is -0.362. The highest BCUT2D eigenvalue weighted by Crippen LogP contribution is 2.70. The fourth-order valence-corrected chi connectivity index (χ4v) is 11.4. The highest BCUT2D eigenvalue weighted by atomic mass is 16.7. The van der Waals surface area contributed by atoms with Crippen LogP contribution >= 0.6 is 0 Å². The van der Waals surface area contributed by atoms with E-state index < -0.39 is 73.4 Å². The van der Waals surface area contributed by atoms with Gasteiger partial charge in [-0.25, -0.2) is 4.79 Å². The molecule has 5 N–H and O–H groups in total. The molecule has 13 nitrogen and oxygen atoms in total. The quantitative estimate of drug-likeness (QED) is 0.189. The highest BCUT2D eigenvalue weighted by Gasteiger charge is 2.68. The first-order valence-corrected chi connectivity index (χ1v) is 18.2. The molecule has 0 unspecified atom stereocenters. The Morgan fingerprint density at radius 2 is 1.59 bits per heavy atom. The number of hydrogen-bond donors (Lipinski definition) is 5. The minimum absolute atomic E-state index is 0.00757. The molecular formula is C36H54O13. The van der Waals surface area contributed by atoms with E-state index in [0.717, 1.165) is 63.4 Å². The standard InChI is InChI=1S/C36H54O13/c1-17-29(49-31-27(41)26(40)25(39)22(15-37)48-31)30(44-4)28(42)32(46-17)47-20-6-9-34(2)19(14-20)5-11-36-12-7-21(18-13-24(38)45-16-18)35(3,33(36)43)10-8-23(34)36/h13,17,19-23,25-32,37,39-42H,5-12,14-16H2,1-4H3/t17-,19-,20+,21-,22-,23-,25-,26+,27-,28-,29+,30-,31+,32+,34+,35-,36+/m1/s1. The van der Waals surface area contributed by atoms with Crippen LogP contribution in [0.2, 0.25) is 0 Å². The highest BCUT2D eigenvalue weighted by molar-refractivity contribution is 5.93. The van der Waals surface area contributed by atoms with Crippen molar-refractivity contribution in [3.63, 3.8) is 0 Å². The average Bonchev–Trinajstić information content (AvgIpc) is 3.50. The second-order valence-electron chi connectivity index (χ2n) is 16.4. The molecule has 49 heavy (non-hydrogen) atoms. The maximum absolute atomic E-state index is 14.5. The van der Waals surface area contributed by atoms with Gasteiger partial charge in [-0.15, -0.1) is 0 Å². The molecule has 4 saturated carbocycles. The summed E-state index contributed by atoms with van der Waals surface area (Å²) in [5, 5.41) is 51.8. The summed E-state index contributed by atoms with van der Waals surface area (Å²) in [6, 6.07) is 0. The van der Waals surface area contributed by atoms with Crippen molar-refractivity contribution >= 4 is 11.8 Å². The van der Waals surface area contributed by atoms with Gasteiger partial charge in [-0.05, 0) is 93.5 Å². The van der Waals surface area contributed by atoms with Gasteiger partial charge in [-0.3, -0.25) is 4.79 Å². The molecule has 3 heterocycles. The van der Waals surface area contributed by atoms with Crippen LogP contribution in [0.3, 0.4) is 0 Å². The summed E-state index contributed by atoms with van der Waals surface area (Å²) in [5.41, 5.74) is 0.181. The van der Waals surface area contributed by atoms with Crippen LogP contribution in [0.25, 0.3) is 0 Å². The molecule has 0 amide bonds. The topological polar surface area (TPSA) is 191 Å². The number of hydrogen-bond acceptors (Lipinski definition) is 13. The number of esters is 1. The first-order valence-electron chi connectivity index (χ1n) is 18.2. The van der Waals surface area contributed by atoms with Crippen LogP contribution in [-0.2, 0) is 38.0 Å². The van der Waals surface area contributed by atoms with Gasteiger partial charge in [0.2, 0.25) is 0 Å². The maximum atomic E-state index is 14.5. The van der Waals surface area contributed by atoms with E-state index in [4.69, 9.17) is 28.4 Å². The zero-order chi connectivity index (χ0) is 35.0. The van der Waals surface area contributed by atoms with Crippen molar-refractivity contribution in [2.75, 3.05) is 20.3 Å². The number of ketones is 1. The fraction of sp³-hybridized carbons (Fsp3) is 0.889. The second-order valence-corrected chi connectivity index (χ2v) is 16.4. The lowest BCUT2D eigenvalue weighted by Gasteiger charge is -2.66. The van der Waals surface area contributed by atoms with E-state index in [-0.39, 0.29) is 28.8 Å². The van der Waals surface area contributed by atoms with E-state index >= 15 is 0 Å². The van der Waals surface area contributed by atoms with E-state index in [1.54, 1.807) is 13.0 Å². The molecule has 4 aliphatic carbocycles. The Hall–Kier alpha value is -1.52. The van der Waals surface area contributed by atoms with Gasteiger partial charge < -0.3 is 54.0 Å². The molecule has 1 spiro atoms. The number of ether oxygens (including phenoxy) is 6. The van der Waals surface area contributed by atoms with Crippen molar-refractivity contribution in [2.45, 2.75) is 146 Å². The van der Waals surface area contributed by atoms with Crippen LogP contribution in [0.4, 0.5) is 0 Å². The van der Waals surface area contributed by atoms with Crippen LogP contribution in [0.5, 0.6) is 0 Å². The molecule has 7 aliphatic rings. The zero-order valence-corrected chi connectivity index (χ0v) is 28.9. The van der Waals surface area contributed by atoms with Crippen molar-refractivity contribution < 1.29 is 63.5 Å². The van der Waals surface area contributed by atoms with Crippen LogP contribution in [0, 0.1) is 34.0 Å². The van der Waals surface area contributed by atoms with Gasteiger partial charge in [0.05, 0.1) is 18.8 Å². The van der Waals surface area contributed by atoms with Crippen LogP contribution in [-0.4, -0.2) is 125 Å². The van der Waals surface area contributed by atoms with E-state index in [1.807, 2.05) is 0 Å². The Balaban J connectivity index is 0.999. The van der Waals surface area contributed by atoms with Gasteiger partial charge in [0.1, 0.15) is 55.1 Å². The van der Waals surface area contributed by atoms with Crippen molar-refractivity contribution in [1.82, 2.24) is 0 Å². The third-order valence-electron chi connectivity index (χ3n) is 14.1. The summed E-state index contributed by atoms with van der Waals surface area (Å²) in [6.07, 6.45) is -2.72. The van der Waals surface area contributed by atoms with Gasteiger partial charge >= 0.3 is 5.97 Å². The molecular weight excluding hydrogens is 640 g/mol. The number of carbonyl (C=O) groups excluding carboxylic acids is 2. The van der Waals surface area contributed by atoms with Gasteiger partial charge in [0, 0.05) is 24.0 Å². The number of methoxy groups -OCH3 is 1. The lowest BCUT2D eigenvalue weighted by atomic mass is 9.37. The molecule has 2 bridgehead atoms. The summed E-state index contributed by atoms with van der Waals surface area (Å²) in [5.74, 6) is 0.816. The molecule has 17 atom stereocenters. The summed E-state index contributed by atoms with van der Waals surface area (Å²) in [7, 11) is 1.43. The minimum atomic E-state index is -1.60. The molecule has 13 heteroatoms. The molecule has 6 fully saturated rings.